The highest BCUT2D eigenvalue weighted by atomic mass is 19.1. The van der Waals surface area contributed by atoms with Crippen LogP contribution in [-0.4, -0.2) is 18.0 Å². The molecular formula is C15H18FN3. The SMILES string of the molecule is CC(C)CN(CCC#N)Cc1cccc(C#N)c1F. The van der Waals surface area contributed by atoms with E-state index in [9.17, 15) is 4.39 Å². The van der Waals surface area contributed by atoms with Crippen LogP contribution in [0.15, 0.2) is 18.2 Å². The monoisotopic (exact) mass is 259 g/mol. The van der Waals surface area contributed by atoms with Crippen molar-refractivity contribution in [3.63, 3.8) is 0 Å². The minimum absolute atomic E-state index is 0.0716. The molecule has 3 nitrogen and oxygen atoms in total. The molecule has 0 aromatic heterocycles. The molecule has 0 radical (unpaired) electrons. The fraction of sp³-hybridized carbons (Fsp3) is 0.467. The number of benzene rings is 1. The molecule has 0 heterocycles. The molecule has 0 bridgehead atoms. The minimum Gasteiger partial charge on any atom is -0.298 e. The number of rotatable bonds is 6. The second-order valence-corrected chi connectivity index (χ2v) is 4.93. The van der Waals surface area contributed by atoms with Crippen LogP contribution in [0.25, 0.3) is 0 Å². The van der Waals surface area contributed by atoms with E-state index in [1.54, 1.807) is 12.1 Å². The van der Waals surface area contributed by atoms with Crippen molar-refractivity contribution in [3.05, 3.63) is 35.1 Å². The van der Waals surface area contributed by atoms with Gasteiger partial charge in [-0.3, -0.25) is 4.90 Å². The zero-order chi connectivity index (χ0) is 14.3. The molecule has 4 heteroatoms. The van der Waals surface area contributed by atoms with E-state index in [0.717, 1.165) is 6.54 Å². The number of hydrogen-bond donors (Lipinski definition) is 0. The summed E-state index contributed by atoms with van der Waals surface area (Å²) < 4.78 is 14.0. The average molecular weight is 259 g/mol. The Balaban J connectivity index is 2.84. The first kappa shape index (κ1) is 15.1. The van der Waals surface area contributed by atoms with Gasteiger partial charge in [0.25, 0.3) is 0 Å². The van der Waals surface area contributed by atoms with Crippen LogP contribution in [0.5, 0.6) is 0 Å². The summed E-state index contributed by atoms with van der Waals surface area (Å²) in [7, 11) is 0. The van der Waals surface area contributed by atoms with E-state index < -0.39 is 5.82 Å². The zero-order valence-electron chi connectivity index (χ0n) is 11.4. The molecule has 1 aromatic carbocycles. The summed E-state index contributed by atoms with van der Waals surface area (Å²) in [4.78, 5) is 2.05. The summed E-state index contributed by atoms with van der Waals surface area (Å²) in [5.74, 6) is -0.00313. The molecule has 0 atom stereocenters. The Hall–Kier alpha value is -1.91. The third kappa shape index (κ3) is 4.69. The first-order valence-electron chi connectivity index (χ1n) is 6.35. The number of hydrogen-bond acceptors (Lipinski definition) is 3. The highest BCUT2D eigenvalue weighted by Gasteiger charge is 2.13. The summed E-state index contributed by atoms with van der Waals surface area (Å²) in [5, 5.41) is 17.5. The van der Waals surface area contributed by atoms with Crippen molar-refractivity contribution in [1.82, 2.24) is 4.90 Å². The van der Waals surface area contributed by atoms with Crippen LogP contribution in [0.4, 0.5) is 4.39 Å². The molecule has 0 aliphatic rings. The molecule has 0 amide bonds. The number of nitriles is 2. The van der Waals surface area contributed by atoms with Crippen LogP contribution in [0.2, 0.25) is 0 Å². The van der Waals surface area contributed by atoms with Crippen LogP contribution in [0.3, 0.4) is 0 Å². The van der Waals surface area contributed by atoms with Gasteiger partial charge in [0.15, 0.2) is 0 Å². The van der Waals surface area contributed by atoms with Gasteiger partial charge in [0.1, 0.15) is 11.9 Å². The summed E-state index contributed by atoms with van der Waals surface area (Å²) in [6.45, 7) is 6.02. The van der Waals surface area contributed by atoms with Crippen molar-refractivity contribution >= 4 is 0 Å². The van der Waals surface area contributed by atoms with E-state index in [2.05, 4.69) is 19.9 Å². The third-order valence-corrected chi connectivity index (χ3v) is 2.76. The van der Waals surface area contributed by atoms with Gasteiger partial charge in [0, 0.05) is 31.6 Å². The Kier molecular flexibility index (Phi) is 5.99. The van der Waals surface area contributed by atoms with E-state index in [0.29, 0.717) is 31.0 Å². The van der Waals surface area contributed by atoms with Gasteiger partial charge in [-0.1, -0.05) is 26.0 Å². The zero-order valence-corrected chi connectivity index (χ0v) is 11.4. The lowest BCUT2D eigenvalue weighted by Crippen LogP contribution is -2.28. The lowest BCUT2D eigenvalue weighted by atomic mass is 10.1. The first-order valence-corrected chi connectivity index (χ1v) is 6.35. The van der Waals surface area contributed by atoms with Crippen LogP contribution in [-0.2, 0) is 6.54 Å². The van der Waals surface area contributed by atoms with Gasteiger partial charge >= 0.3 is 0 Å². The van der Waals surface area contributed by atoms with Gasteiger partial charge in [0.2, 0.25) is 0 Å². The smallest absolute Gasteiger partial charge is 0.145 e. The topological polar surface area (TPSA) is 50.8 Å². The fourth-order valence-electron chi connectivity index (χ4n) is 1.99. The maximum absolute atomic E-state index is 14.0. The van der Waals surface area contributed by atoms with Gasteiger partial charge < -0.3 is 0 Å². The third-order valence-electron chi connectivity index (χ3n) is 2.76. The highest BCUT2D eigenvalue weighted by Crippen LogP contribution is 2.15. The number of nitrogens with zero attached hydrogens (tertiary/aromatic N) is 3. The molecule has 1 aromatic rings. The Morgan fingerprint density at radius 3 is 2.63 bits per heavy atom. The largest absolute Gasteiger partial charge is 0.298 e. The van der Waals surface area contributed by atoms with E-state index in [1.807, 2.05) is 11.0 Å². The van der Waals surface area contributed by atoms with Crippen LogP contribution in [0, 0.1) is 34.4 Å². The second-order valence-electron chi connectivity index (χ2n) is 4.93. The van der Waals surface area contributed by atoms with Gasteiger partial charge in [-0.15, -0.1) is 0 Å². The normalized spacial score (nSPS) is 10.5. The van der Waals surface area contributed by atoms with Crippen LogP contribution < -0.4 is 0 Å². The summed E-state index contributed by atoms with van der Waals surface area (Å²) in [5.41, 5.74) is 0.583. The van der Waals surface area contributed by atoms with Crippen molar-refractivity contribution in [2.45, 2.75) is 26.8 Å². The van der Waals surface area contributed by atoms with Crippen LogP contribution in [0.1, 0.15) is 31.4 Å². The van der Waals surface area contributed by atoms with Crippen molar-refractivity contribution in [2.24, 2.45) is 5.92 Å². The van der Waals surface area contributed by atoms with Crippen molar-refractivity contribution in [2.75, 3.05) is 13.1 Å². The summed E-state index contributed by atoms with van der Waals surface area (Å²) >= 11 is 0. The molecule has 0 unspecified atom stereocenters. The van der Waals surface area contributed by atoms with Crippen molar-refractivity contribution in [3.8, 4) is 12.1 Å². The molecular weight excluding hydrogens is 241 g/mol. The molecule has 0 N–H and O–H groups in total. The molecule has 19 heavy (non-hydrogen) atoms. The molecule has 0 spiro atoms. The number of halogens is 1. The molecule has 0 saturated heterocycles. The predicted octanol–water partition coefficient (Wildman–Crippen LogP) is 3.07. The quantitative estimate of drug-likeness (QED) is 0.789. The molecule has 1 rings (SSSR count). The minimum atomic E-state index is -0.448. The molecule has 0 aliphatic carbocycles. The van der Waals surface area contributed by atoms with Crippen LogP contribution >= 0.6 is 0 Å². The Morgan fingerprint density at radius 1 is 1.32 bits per heavy atom. The van der Waals surface area contributed by atoms with E-state index in [1.165, 1.54) is 6.07 Å². The van der Waals surface area contributed by atoms with Crippen molar-refractivity contribution < 1.29 is 4.39 Å². The lowest BCUT2D eigenvalue weighted by Gasteiger charge is -2.23. The van der Waals surface area contributed by atoms with Gasteiger partial charge in [0.05, 0.1) is 11.6 Å². The maximum Gasteiger partial charge on any atom is 0.145 e. The maximum atomic E-state index is 14.0. The Morgan fingerprint density at radius 2 is 2.05 bits per heavy atom. The van der Waals surface area contributed by atoms with Crippen molar-refractivity contribution in [1.29, 1.82) is 10.5 Å². The van der Waals surface area contributed by atoms with Gasteiger partial charge in [-0.2, -0.15) is 10.5 Å². The fourth-order valence-corrected chi connectivity index (χ4v) is 1.99. The summed E-state index contributed by atoms with van der Waals surface area (Å²) in [6, 6.07) is 8.81. The molecule has 100 valence electrons. The predicted molar refractivity (Wildman–Crippen MR) is 71.5 cm³/mol. The van der Waals surface area contributed by atoms with E-state index in [-0.39, 0.29) is 5.56 Å². The van der Waals surface area contributed by atoms with E-state index >= 15 is 0 Å². The van der Waals surface area contributed by atoms with E-state index in [4.69, 9.17) is 10.5 Å². The van der Waals surface area contributed by atoms with Gasteiger partial charge in [-0.05, 0) is 12.0 Å². The average Bonchev–Trinajstić information content (AvgIpc) is 2.37. The standard InChI is InChI=1S/C15H18FN3/c1-12(2)10-19(8-4-7-17)11-14-6-3-5-13(9-18)15(14)16/h3,5-6,12H,4,8,10-11H2,1-2H3. The Labute approximate surface area is 113 Å². The first-order chi connectivity index (χ1) is 9.08. The lowest BCUT2D eigenvalue weighted by molar-refractivity contribution is 0.238. The summed E-state index contributed by atoms with van der Waals surface area (Å²) in [6.07, 6.45) is 0.423. The molecule has 0 saturated carbocycles. The highest BCUT2D eigenvalue weighted by molar-refractivity contribution is 5.34. The second kappa shape index (κ2) is 7.51. The van der Waals surface area contributed by atoms with Gasteiger partial charge in [-0.25, -0.2) is 4.39 Å². The molecule has 0 fully saturated rings. The molecule has 0 aliphatic heterocycles. The Bertz CT molecular complexity index is 497.